The van der Waals surface area contributed by atoms with Gasteiger partial charge in [-0.2, -0.15) is 0 Å². The van der Waals surface area contributed by atoms with E-state index in [1.165, 1.54) is 20.3 Å². The maximum Gasteiger partial charge on any atom is 0.286 e. The monoisotopic (exact) mass is 408 g/mol. The number of nitrogens with zero attached hydrogens (tertiary/aromatic N) is 1. The van der Waals surface area contributed by atoms with Crippen LogP contribution in [-0.2, 0) is 6.61 Å². The number of nitrogens with one attached hydrogen (secondary N) is 1. The van der Waals surface area contributed by atoms with Crippen molar-refractivity contribution < 1.29 is 23.9 Å². The van der Waals surface area contributed by atoms with Crippen molar-refractivity contribution in [1.29, 1.82) is 0 Å². The summed E-state index contributed by atoms with van der Waals surface area (Å²) in [4.78, 5) is 23.4. The molecule has 0 aliphatic rings. The van der Waals surface area contributed by atoms with Gasteiger partial charge in [0.1, 0.15) is 17.9 Å². The van der Waals surface area contributed by atoms with E-state index in [2.05, 4.69) is 5.32 Å². The molecule has 0 radical (unpaired) electrons. The standard InChI is InChI=1S/C22H20N2O6/c1-28-20-12-18(19(24(26)27)13-21(20)29-2)22(25)23-16-8-10-17(11-9-16)30-14-15-6-4-3-5-7-15/h3-13H,14H2,1-2H3,(H,23,25). The number of hydrogen-bond donors (Lipinski definition) is 1. The number of nitro benzene ring substituents is 1. The molecule has 0 atom stereocenters. The fourth-order valence-corrected chi connectivity index (χ4v) is 2.78. The van der Waals surface area contributed by atoms with E-state index in [9.17, 15) is 14.9 Å². The number of ether oxygens (including phenoxy) is 3. The zero-order chi connectivity index (χ0) is 21.5. The minimum Gasteiger partial charge on any atom is -0.493 e. The molecule has 0 bridgehead atoms. The van der Waals surface area contributed by atoms with E-state index in [1.807, 2.05) is 30.3 Å². The molecule has 0 spiro atoms. The van der Waals surface area contributed by atoms with E-state index < -0.39 is 10.8 Å². The van der Waals surface area contributed by atoms with Gasteiger partial charge in [-0.3, -0.25) is 14.9 Å². The van der Waals surface area contributed by atoms with Crippen LogP contribution in [0.3, 0.4) is 0 Å². The fraction of sp³-hybridized carbons (Fsp3) is 0.136. The average molecular weight is 408 g/mol. The van der Waals surface area contributed by atoms with Gasteiger partial charge < -0.3 is 19.5 Å². The van der Waals surface area contributed by atoms with Crippen LogP contribution in [0, 0.1) is 10.1 Å². The second-order valence-electron chi connectivity index (χ2n) is 6.23. The lowest BCUT2D eigenvalue weighted by atomic mass is 10.1. The third-order valence-electron chi connectivity index (χ3n) is 4.30. The van der Waals surface area contributed by atoms with Crippen molar-refractivity contribution in [2.45, 2.75) is 6.61 Å². The molecule has 0 heterocycles. The molecule has 8 heteroatoms. The van der Waals surface area contributed by atoms with Crippen LogP contribution >= 0.6 is 0 Å². The van der Waals surface area contributed by atoms with E-state index in [-0.39, 0.29) is 22.7 Å². The number of anilines is 1. The first-order valence-electron chi connectivity index (χ1n) is 9.00. The highest BCUT2D eigenvalue weighted by Crippen LogP contribution is 2.34. The summed E-state index contributed by atoms with van der Waals surface area (Å²) >= 11 is 0. The lowest BCUT2D eigenvalue weighted by Gasteiger charge is -2.11. The summed E-state index contributed by atoms with van der Waals surface area (Å²) in [6, 6.07) is 18.9. The van der Waals surface area contributed by atoms with Gasteiger partial charge in [0.05, 0.1) is 25.2 Å². The lowest BCUT2D eigenvalue weighted by Crippen LogP contribution is -2.14. The number of nitro groups is 1. The first-order chi connectivity index (χ1) is 14.5. The number of benzene rings is 3. The van der Waals surface area contributed by atoms with E-state index in [4.69, 9.17) is 14.2 Å². The van der Waals surface area contributed by atoms with Crippen molar-refractivity contribution in [1.82, 2.24) is 0 Å². The molecule has 1 amide bonds. The predicted molar refractivity (Wildman–Crippen MR) is 111 cm³/mol. The molecular weight excluding hydrogens is 388 g/mol. The summed E-state index contributed by atoms with van der Waals surface area (Å²) in [6.07, 6.45) is 0. The molecule has 0 aliphatic heterocycles. The molecule has 3 aromatic carbocycles. The Hall–Kier alpha value is -4.07. The molecule has 1 N–H and O–H groups in total. The minimum atomic E-state index is -0.641. The second kappa shape index (κ2) is 9.42. The molecule has 0 fully saturated rings. The van der Waals surface area contributed by atoms with Crippen LogP contribution in [0.15, 0.2) is 66.7 Å². The molecule has 0 unspecified atom stereocenters. The van der Waals surface area contributed by atoms with Crippen molar-refractivity contribution in [2.75, 3.05) is 19.5 Å². The van der Waals surface area contributed by atoms with Crippen LogP contribution in [0.5, 0.6) is 17.2 Å². The van der Waals surface area contributed by atoms with Gasteiger partial charge in [0, 0.05) is 11.8 Å². The summed E-state index contributed by atoms with van der Waals surface area (Å²) < 4.78 is 15.9. The van der Waals surface area contributed by atoms with Crippen LogP contribution < -0.4 is 19.5 Å². The van der Waals surface area contributed by atoms with E-state index in [1.54, 1.807) is 24.3 Å². The molecule has 0 aromatic heterocycles. The van der Waals surface area contributed by atoms with Crippen LogP contribution in [0.1, 0.15) is 15.9 Å². The molecule has 0 saturated heterocycles. The Bertz CT molecular complexity index is 1040. The quantitative estimate of drug-likeness (QED) is 0.437. The smallest absolute Gasteiger partial charge is 0.286 e. The summed E-state index contributed by atoms with van der Waals surface area (Å²) in [7, 11) is 2.75. The maximum absolute atomic E-state index is 12.7. The normalized spacial score (nSPS) is 10.2. The number of amides is 1. The number of hydrogen-bond acceptors (Lipinski definition) is 6. The highest BCUT2D eigenvalue weighted by atomic mass is 16.6. The molecule has 8 nitrogen and oxygen atoms in total. The first kappa shape index (κ1) is 20.7. The van der Waals surface area contributed by atoms with Crippen LogP contribution in [-0.4, -0.2) is 25.1 Å². The zero-order valence-corrected chi connectivity index (χ0v) is 16.5. The fourth-order valence-electron chi connectivity index (χ4n) is 2.78. The molecule has 3 rings (SSSR count). The number of rotatable bonds is 8. The van der Waals surface area contributed by atoms with Gasteiger partial charge >= 0.3 is 0 Å². The molecule has 30 heavy (non-hydrogen) atoms. The summed E-state index contributed by atoms with van der Waals surface area (Å²) in [6.45, 7) is 0.421. The van der Waals surface area contributed by atoms with Gasteiger partial charge in [-0.15, -0.1) is 0 Å². The Balaban J connectivity index is 1.73. The predicted octanol–water partition coefficient (Wildman–Crippen LogP) is 4.44. The SMILES string of the molecule is COc1cc(C(=O)Nc2ccc(OCc3ccccc3)cc2)c([N+](=O)[O-])cc1OC. The summed E-state index contributed by atoms with van der Waals surface area (Å²) in [5.41, 5.74) is 0.988. The zero-order valence-electron chi connectivity index (χ0n) is 16.5. The second-order valence-corrected chi connectivity index (χ2v) is 6.23. The van der Waals surface area contributed by atoms with Gasteiger partial charge in [0.15, 0.2) is 11.5 Å². The number of methoxy groups -OCH3 is 2. The Morgan fingerprint density at radius 3 is 2.20 bits per heavy atom. The first-order valence-corrected chi connectivity index (χ1v) is 9.00. The van der Waals surface area contributed by atoms with E-state index >= 15 is 0 Å². The highest BCUT2D eigenvalue weighted by molar-refractivity contribution is 6.07. The third kappa shape index (κ3) is 4.85. The molecule has 0 saturated carbocycles. The molecule has 3 aromatic rings. The lowest BCUT2D eigenvalue weighted by molar-refractivity contribution is -0.385. The van der Waals surface area contributed by atoms with Crippen molar-refractivity contribution in [3.8, 4) is 17.2 Å². The van der Waals surface area contributed by atoms with Crippen LogP contribution in [0.25, 0.3) is 0 Å². The van der Waals surface area contributed by atoms with Crippen molar-refractivity contribution in [3.05, 3.63) is 88.0 Å². The van der Waals surface area contributed by atoms with Gasteiger partial charge in [0.25, 0.3) is 11.6 Å². The van der Waals surface area contributed by atoms with Gasteiger partial charge in [-0.1, -0.05) is 30.3 Å². The minimum absolute atomic E-state index is 0.137. The Labute approximate surface area is 173 Å². The van der Waals surface area contributed by atoms with E-state index in [0.717, 1.165) is 11.6 Å². The van der Waals surface area contributed by atoms with Gasteiger partial charge in [-0.05, 0) is 29.8 Å². The van der Waals surface area contributed by atoms with Crippen molar-refractivity contribution >= 4 is 17.3 Å². The van der Waals surface area contributed by atoms with Crippen molar-refractivity contribution in [3.63, 3.8) is 0 Å². The average Bonchev–Trinajstić information content (AvgIpc) is 2.78. The van der Waals surface area contributed by atoms with Gasteiger partial charge in [0.2, 0.25) is 0 Å². The number of carbonyl (C=O) groups excluding carboxylic acids is 1. The maximum atomic E-state index is 12.7. The topological polar surface area (TPSA) is 99.9 Å². The van der Waals surface area contributed by atoms with Crippen molar-refractivity contribution in [2.24, 2.45) is 0 Å². The Morgan fingerprint density at radius 1 is 0.967 bits per heavy atom. The van der Waals surface area contributed by atoms with Gasteiger partial charge in [-0.25, -0.2) is 0 Å². The summed E-state index contributed by atoms with van der Waals surface area (Å²) in [5, 5.41) is 14.0. The molecular formula is C22H20N2O6. The largest absolute Gasteiger partial charge is 0.493 e. The van der Waals surface area contributed by atoms with Crippen LogP contribution in [0.2, 0.25) is 0 Å². The molecule has 0 aliphatic carbocycles. The van der Waals surface area contributed by atoms with Crippen LogP contribution in [0.4, 0.5) is 11.4 Å². The Kier molecular flexibility index (Phi) is 6.49. The highest BCUT2D eigenvalue weighted by Gasteiger charge is 2.24. The Morgan fingerprint density at radius 2 is 1.60 bits per heavy atom. The summed E-state index contributed by atoms with van der Waals surface area (Å²) in [5.74, 6) is 0.383. The van der Waals surface area contributed by atoms with E-state index in [0.29, 0.717) is 18.0 Å². The number of carbonyl (C=O) groups is 1. The molecule has 154 valence electrons. The third-order valence-corrected chi connectivity index (χ3v) is 4.30.